The SMILES string of the molecule is CNC(=O)CC(C)NC1CCCC1(C)C. The van der Waals surface area contributed by atoms with Crippen molar-refractivity contribution in [3.05, 3.63) is 0 Å². The quantitative estimate of drug-likeness (QED) is 0.744. The Morgan fingerprint density at radius 1 is 1.53 bits per heavy atom. The van der Waals surface area contributed by atoms with E-state index >= 15 is 0 Å². The van der Waals surface area contributed by atoms with Gasteiger partial charge >= 0.3 is 0 Å². The fourth-order valence-corrected chi connectivity index (χ4v) is 2.42. The minimum Gasteiger partial charge on any atom is -0.359 e. The Hall–Kier alpha value is -0.570. The third kappa shape index (κ3) is 3.49. The summed E-state index contributed by atoms with van der Waals surface area (Å²) in [6.07, 6.45) is 4.41. The van der Waals surface area contributed by atoms with Crippen LogP contribution in [0.2, 0.25) is 0 Å². The van der Waals surface area contributed by atoms with Crippen molar-refractivity contribution in [1.29, 1.82) is 0 Å². The van der Waals surface area contributed by atoms with Gasteiger partial charge in [0, 0.05) is 25.6 Å². The van der Waals surface area contributed by atoms with E-state index in [2.05, 4.69) is 31.4 Å². The molecule has 0 aromatic heterocycles. The van der Waals surface area contributed by atoms with Gasteiger partial charge in [0.15, 0.2) is 0 Å². The largest absolute Gasteiger partial charge is 0.359 e. The first-order valence-corrected chi connectivity index (χ1v) is 5.92. The van der Waals surface area contributed by atoms with E-state index in [9.17, 15) is 4.79 Å². The molecule has 2 atom stereocenters. The molecule has 1 amide bonds. The predicted octanol–water partition coefficient (Wildman–Crippen LogP) is 1.68. The molecule has 0 spiro atoms. The lowest BCUT2D eigenvalue weighted by atomic mass is 9.87. The Bertz CT molecular complexity index is 226. The molecule has 88 valence electrons. The van der Waals surface area contributed by atoms with Crippen LogP contribution in [0.3, 0.4) is 0 Å². The van der Waals surface area contributed by atoms with Gasteiger partial charge in [0.25, 0.3) is 0 Å². The summed E-state index contributed by atoms with van der Waals surface area (Å²) in [5, 5.41) is 6.24. The van der Waals surface area contributed by atoms with Gasteiger partial charge in [0.1, 0.15) is 0 Å². The molecular weight excluding hydrogens is 188 g/mol. The van der Waals surface area contributed by atoms with Crippen LogP contribution >= 0.6 is 0 Å². The Labute approximate surface area is 93.0 Å². The van der Waals surface area contributed by atoms with Crippen molar-refractivity contribution < 1.29 is 4.79 Å². The monoisotopic (exact) mass is 212 g/mol. The molecule has 0 radical (unpaired) electrons. The van der Waals surface area contributed by atoms with Gasteiger partial charge < -0.3 is 10.6 Å². The van der Waals surface area contributed by atoms with E-state index in [0.717, 1.165) is 0 Å². The molecular formula is C12H24N2O. The van der Waals surface area contributed by atoms with Crippen LogP contribution in [0.5, 0.6) is 0 Å². The van der Waals surface area contributed by atoms with Crippen LogP contribution in [-0.2, 0) is 4.79 Å². The van der Waals surface area contributed by atoms with Crippen LogP contribution in [0.15, 0.2) is 0 Å². The van der Waals surface area contributed by atoms with Crippen LogP contribution in [0.4, 0.5) is 0 Å². The van der Waals surface area contributed by atoms with E-state index in [0.29, 0.717) is 17.9 Å². The minimum absolute atomic E-state index is 0.116. The van der Waals surface area contributed by atoms with Gasteiger partial charge in [-0.05, 0) is 25.2 Å². The number of hydrogen-bond donors (Lipinski definition) is 2. The molecule has 3 heteroatoms. The fourth-order valence-electron chi connectivity index (χ4n) is 2.42. The van der Waals surface area contributed by atoms with Crippen molar-refractivity contribution in [2.24, 2.45) is 5.41 Å². The Balaban J connectivity index is 2.37. The van der Waals surface area contributed by atoms with E-state index in [4.69, 9.17) is 0 Å². The van der Waals surface area contributed by atoms with Gasteiger partial charge in [0.05, 0.1) is 0 Å². The first-order chi connectivity index (χ1) is 6.95. The zero-order valence-electron chi connectivity index (χ0n) is 10.4. The Morgan fingerprint density at radius 3 is 2.67 bits per heavy atom. The zero-order chi connectivity index (χ0) is 11.5. The molecule has 1 fully saturated rings. The standard InChI is InChI=1S/C12H24N2O/c1-9(8-11(15)13-4)14-10-6-5-7-12(10,2)3/h9-10,14H,5-8H2,1-4H3,(H,13,15). The molecule has 0 saturated heterocycles. The molecule has 1 aliphatic carbocycles. The van der Waals surface area contributed by atoms with Crippen LogP contribution in [-0.4, -0.2) is 25.0 Å². The molecule has 1 rings (SSSR count). The van der Waals surface area contributed by atoms with Crippen molar-refractivity contribution in [2.75, 3.05) is 7.05 Å². The second kappa shape index (κ2) is 4.97. The van der Waals surface area contributed by atoms with Crippen LogP contribution < -0.4 is 10.6 Å². The first kappa shape index (κ1) is 12.5. The van der Waals surface area contributed by atoms with E-state index in [1.165, 1.54) is 19.3 Å². The predicted molar refractivity (Wildman–Crippen MR) is 62.7 cm³/mol. The highest BCUT2D eigenvalue weighted by Gasteiger charge is 2.34. The average Bonchev–Trinajstić information content (AvgIpc) is 2.45. The zero-order valence-corrected chi connectivity index (χ0v) is 10.4. The number of carbonyl (C=O) groups excluding carboxylic acids is 1. The van der Waals surface area contributed by atoms with Gasteiger partial charge in [0.2, 0.25) is 5.91 Å². The van der Waals surface area contributed by atoms with Gasteiger partial charge in [-0.1, -0.05) is 20.3 Å². The Morgan fingerprint density at radius 2 is 2.20 bits per heavy atom. The molecule has 1 saturated carbocycles. The van der Waals surface area contributed by atoms with Crippen molar-refractivity contribution >= 4 is 5.91 Å². The summed E-state index contributed by atoms with van der Waals surface area (Å²) < 4.78 is 0. The highest BCUT2D eigenvalue weighted by atomic mass is 16.1. The van der Waals surface area contributed by atoms with Gasteiger partial charge in [-0.2, -0.15) is 0 Å². The lowest BCUT2D eigenvalue weighted by Crippen LogP contribution is -2.44. The average molecular weight is 212 g/mol. The summed E-state index contributed by atoms with van der Waals surface area (Å²) in [6, 6.07) is 0.837. The molecule has 0 aromatic rings. The highest BCUT2D eigenvalue weighted by Crippen LogP contribution is 2.37. The number of nitrogens with one attached hydrogen (secondary N) is 2. The molecule has 1 aliphatic rings. The van der Waals surface area contributed by atoms with Gasteiger partial charge in [-0.15, -0.1) is 0 Å². The Kier molecular flexibility index (Phi) is 4.14. The number of amides is 1. The van der Waals surface area contributed by atoms with Crippen molar-refractivity contribution in [1.82, 2.24) is 10.6 Å². The second-order valence-corrected chi connectivity index (χ2v) is 5.38. The number of carbonyl (C=O) groups is 1. The van der Waals surface area contributed by atoms with Crippen LogP contribution in [0.25, 0.3) is 0 Å². The summed E-state index contributed by atoms with van der Waals surface area (Å²) in [6.45, 7) is 6.71. The second-order valence-electron chi connectivity index (χ2n) is 5.38. The molecule has 2 N–H and O–H groups in total. The summed E-state index contributed by atoms with van der Waals surface area (Å²) >= 11 is 0. The minimum atomic E-state index is 0.116. The third-order valence-corrected chi connectivity index (χ3v) is 3.51. The fraction of sp³-hybridized carbons (Fsp3) is 0.917. The molecule has 3 nitrogen and oxygen atoms in total. The first-order valence-electron chi connectivity index (χ1n) is 5.92. The lowest BCUT2D eigenvalue weighted by Gasteiger charge is -2.30. The van der Waals surface area contributed by atoms with E-state index in [1.807, 2.05) is 0 Å². The van der Waals surface area contributed by atoms with E-state index in [1.54, 1.807) is 7.05 Å². The highest BCUT2D eigenvalue weighted by molar-refractivity contribution is 5.76. The van der Waals surface area contributed by atoms with E-state index in [-0.39, 0.29) is 11.9 Å². The molecule has 0 aliphatic heterocycles. The van der Waals surface area contributed by atoms with Crippen molar-refractivity contribution in [3.8, 4) is 0 Å². The molecule has 15 heavy (non-hydrogen) atoms. The van der Waals surface area contributed by atoms with Gasteiger partial charge in [-0.25, -0.2) is 0 Å². The summed E-state index contributed by atoms with van der Waals surface area (Å²) in [5.74, 6) is 0.116. The summed E-state index contributed by atoms with van der Waals surface area (Å²) in [7, 11) is 1.69. The number of hydrogen-bond acceptors (Lipinski definition) is 2. The van der Waals surface area contributed by atoms with Gasteiger partial charge in [-0.3, -0.25) is 4.79 Å². The molecule has 0 heterocycles. The maximum absolute atomic E-state index is 11.2. The smallest absolute Gasteiger partial charge is 0.221 e. The van der Waals surface area contributed by atoms with Crippen molar-refractivity contribution in [2.45, 2.75) is 58.5 Å². The van der Waals surface area contributed by atoms with Crippen LogP contribution in [0, 0.1) is 5.41 Å². The molecule has 2 unspecified atom stereocenters. The molecule has 0 bridgehead atoms. The lowest BCUT2D eigenvalue weighted by molar-refractivity contribution is -0.121. The number of rotatable bonds is 4. The third-order valence-electron chi connectivity index (χ3n) is 3.51. The van der Waals surface area contributed by atoms with Crippen LogP contribution in [0.1, 0.15) is 46.5 Å². The molecule has 0 aromatic carbocycles. The summed E-state index contributed by atoms with van der Waals surface area (Å²) in [5.41, 5.74) is 0.386. The van der Waals surface area contributed by atoms with E-state index < -0.39 is 0 Å². The van der Waals surface area contributed by atoms with Crippen molar-refractivity contribution in [3.63, 3.8) is 0 Å². The normalized spacial score (nSPS) is 26.3. The maximum atomic E-state index is 11.2. The maximum Gasteiger partial charge on any atom is 0.221 e. The summed E-state index contributed by atoms with van der Waals surface area (Å²) in [4.78, 5) is 11.2. The topological polar surface area (TPSA) is 41.1 Å².